The van der Waals surface area contributed by atoms with E-state index in [2.05, 4.69) is 19.1 Å². The monoisotopic (exact) mass is 314 g/mol. The molecule has 0 N–H and O–H groups in total. The maximum atomic E-state index is 12.1. The fraction of sp³-hybridized carbons (Fsp3) is 0.714. The van der Waals surface area contributed by atoms with Crippen LogP contribution in [0.15, 0.2) is 23.3 Å². The molecule has 0 radical (unpaired) electrons. The lowest BCUT2D eigenvalue weighted by atomic mass is 9.61. The van der Waals surface area contributed by atoms with E-state index in [-0.39, 0.29) is 5.41 Å². The molecule has 1 unspecified atom stereocenters. The Morgan fingerprint density at radius 1 is 0.913 bits per heavy atom. The van der Waals surface area contributed by atoms with Gasteiger partial charge in [0.1, 0.15) is 11.6 Å². The molecule has 1 fully saturated rings. The first kappa shape index (κ1) is 16.7. The summed E-state index contributed by atoms with van der Waals surface area (Å²) in [6.07, 6.45) is 16.7. The van der Waals surface area contributed by atoms with Gasteiger partial charge in [-0.1, -0.05) is 55.9 Å². The van der Waals surface area contributed by atoms with Crippen molar-refractivity contribution in [3.8, 4) is 0 Å². The summed E-state index contributed by atoms with van der Waals surface area (Å²) in [5, 5.41) is 0. The minimum atomic E-state index is 0.178. The summed E-state index contributed by atoms with van der Waals surface area (Å²) >= 11 is 0. The highest BCUT2D eigenvalue weighted by Crippen LogP contribution is 2.53. The summed E-state index contributed by atoms with van der Waals surface area (Å²) in [4.78, 5) is 23.8. The van der Waals surface area contributed by atoms with Crippen LogP contribution in [0, 0.1) is 11.3 Å². The van der Waals surface area contributed by atoms with E-state index in [4.69, 9.17) is 0 Å². The van der Waals surface area contributed by atoms with Gasteiger partial charge < -0.3 is 0 Å². The second kappa shape index (κ2) is 7.15. The summed E-state index contributed by atoms with van der Waals surface area (Å²) in [6, 6.07) is 0. The molecule has 2 nitrogen and oxygen atoms in total. The van der Waals surface area contributed by atoms with Crippen molar-refractivity contribution in [1.82, 2.24) is 0 Å². The molecule has 0 aromatic rings. The van der Waals surface area contributed by atoms with Crippen LogP contribution in [0.1, 0.15) is 84.0 Å². The topological polar surface area (TPSA) is 34.1 Å². The Labute approximate surface area is 140 Å². The smallest absolute Gasteiger partial charge is 0.136 e. The molecule has 2 heteroatoms. The maximum absolute atomic E-state index is 12.1. The largest absolute Gasteiger partial charge is 0.299 e. The molecule has 0 heterocycles. The van der Waals surface area contributed by atoms with Crippen molar-refractivity contribution < 1.29 is 9.59 Å². The SMILES string of the molecule is CCC1CC(=O)CC=C(C2(C3=CCC(=O)CC3)CCCCC2)C1. The second-order valence-corrected chi connectivity index (χ2v) is 7.77. The maximum Gasteiger partial charge on any atom is 0.136 e. The van der Waals surface area contributed by atoms with E-state index in [1.54, 1.807) is 0 Å². The van der Waals surface area contributed by atoms with Crippen LogP contribution in [0.3, 0.4) is 0 Å². The lowest BCUT2D eigenvalue weighted by molar-refractivity contribution is -0.119. The molecule has 0 aromatic carbocycles. The van der Waals surface area contributed by atoms with Crippen LogP contribution in [-0.2, 0) is 9.59 Å². The number of Topliss-reactive ketones (excluding diaryl/α,β-unsaturated/α-hetero) is 2. The molecular weight excluding hydrogens is 284 g/mol. The predicted molar refractivity (Wildman–Crippen MR) is 93.2 cm³/mol. The zero-order chi connectivity index (χ0) is 16.3. The third kappa shape index (κ3) is 3.51. The Morgan fingerprint density at radius 2 is 1.61 bits per heavy atom. The van der Waals surface area contributed by atoms with E-state index in [1.165, 1.54) is 43.3 Å². The van der Waals surface area contributed by atoms with Gasteiger partial charge in [-0.3, -0.25) is 9.59 Å². The van der Waals surface area contributed by atoms with Crippen molar-refractivity contribution >= 4 is 11.6 Å². The first-order chi connectivity index (χ1) is 11.1. The Hall–Kier alpha value is -1.18. The van der Waals surface area contributed by atoms with Crippen LogP contribution in [0.2, 0.25) is 0 Å². The number of hydrogen-bond acceptors (Lipinski definition) is 2. The molecule has 0 bridgehead atoms. The number of hydrogen-bond donors (Lipinski definition) is 0. The molecule has 3 aliphatic rings. The molecule has 0 aromatic heterocycles. The van der Waals surface area contributed by atoms with Crippen LogP contribution in [-0.4, -0.2) is 11.6 Å². The Balaban J connectivity index is 1.94. The molecular formula is C21H30O2. The van der Waals surface area contributed by atoms with Gasteiger partial charge in [0.2, 0.25) is 0 Å². The molecule has 0 spiro atoms. The van der Waals surface area contributed by atoms with E-state index < -0.39 is 0 Å². The van der Waals surface area contributed by atoms with Gasteiger partial charge in [0.05, 0.1) is 0 Å². The Morgan fingerprint density at radius 3 is 2.26 bits per heavy atom. The fourth-order valence-corrected chi connectivity index (χ4v) is 4.94. The fourth-order valence-electron chi connectivity index (χ4n) is 4.94. The van der Waals surface area contributed by atoms with Crippen LogP contribution in [0.5, 0.6) is 0 Å². The number of ketones is 2. The molecule has 0 aliphatic heterocycles. The quantitative estimate of drug-likeness (QED) is 0.660. The molecule has 23 heavy (non-hydrogen) atoms. The molecule has 3 aliphatic carbocycles. The van der Waals surface area contributed by atoms with Crippen LogP contribution in [0.25, 0.3) is 0 Å². The van der Waals surface area contributed by atoms with E-state index in [0.29, 0.717) is 30.3 Å². The molecule has 0 saturated heterocycles. The lowest BCUT2D eigenvalue weighted by Crippen LogP contribution is -2.31. The number of rotatable bonds is 3. The van der Waals surface area contributed by atoms with E-state index in [0.717, 1.165) is 32.1 Å². The lowest BCUT2D eigenvalue weighted by Gasteiger charge is -2.43. The van der Waals surface area contributed by atoms with Crippen LogP contribution < -0.4 is 0 Å². The highest BCUT2D eigenvalue weighted by molar-refractivity contribution is 5.82. The van der Waals surface area contributed by atoms with E-state index in [1.807, 2.05) is 0 Å². The average molecular weight is 314 g/mol. The predicted octanol–water partition coefficient (Wildman–Crippen LogP) is 5.32. The zero-order valence-corrected chi connectivity index (χ0v) is 14.5. The average Bonchev–Trinajstić information content (AvgIpc) is 2.78. The van der Waals surface area contributed by atoms with Crippen LogP contribution >= 0.6 is 0 Å². The van der Waals surface area contributed by atoms with Crippen molar-refractivity contribution in [3.63, 3.8) is 0 Å². The van der Waals surface area contributed by atoms with Gasteiger partial charge in [-0.15, -0.1) is 0 Å². The van der Waals surface area contributed by atoms with Gasteiger partial charge in [-0.05, 0) is 31.6 Å². The second-order valence-electron chi connectivity index (χ2n) is 7.77. The molecule has 1 atom stereocenters. The van der Waals surface area contributed by atoms with E-state index >= 15 is 0 Å². The first-order valence-corrected chi connectivity index (χ1v) is 9.56. The summed E-state index contributed by atoms with van der Waals surface area (Å²) in [6.45, 7) is 2.22. The van der Waals surface area contributed by atoms with Crippen molar-refractivity contribution in [3.05, 3.63) is 23.3 Å². The third-order valence-electron chi connectivity index (χ3n) is 6.36. The minimum Gasteiger partial charge on any atom is -0.299 e. The van der Waals surface area contributed by atoms with Gasteiger partial charge >= 0.3 is 0 Å². The summed E-state index contributed by atoms with van der Waals surface area (Å²) in [5.74, 6) is 1.31. The molecule has 126 valence electrons. The Bertz CT molecular complexity index is 532. The number of allylic oxidation sites excluding steroid dienone is 4. The third-order valence-corrected chi connectivity index (χ3v) is 6.36. The van der Waals surface area contributed by atoms with Crippen molar-refractivity contribution in [2.24, 2.45) is 11.3 Å². The van der Waals surface area contributed by atoms with Crippen molar-refractivity contribution in [2.45, 2.75) is 84.0 Å². The highest BCUT2D eigenvalue weighted by atomic mass is 16.1. The van der Waals surface area contributed by atoms with Gasteiger partial charge in [-0.25, -0.2) is 0 Å². The minimum absolute atomic E-state index is 0.178. The first-order valence-electron chi connectivity index (χ1n) is 9.56. The normalized spacial score (nSPS) is 28.8. The molecule has 0 amide bonds. The molecule has 1 saturated carbocycles. The van der Waals surface area contributed by atoms with Crippen LogP contribution in [0.4, 0.5) is 0 Å². The number of carbonyl (C=O) groups excluding carboxylic acids is 2. The van der Waals surface area contributed by atoms with Gasteiger partial charge in [0, 0.05) is 31.1 Å². The van der Waals surface area contributed by atoms with Crippen molar-refractivity contribution in [2.75, 3.05) is 0 Å². The Kier molecular flexibility index (Phi) is 5.18. The summed E-state index contributed by atoms with van der Waals surface area (Å²) < 4.78 is 0. The highest BCUT2D eigenvalue weighted by Gasteiger charge is 2.40. The van der Waals surface area contributed by atoms with E-state index in [9.17, 15) is 9.59 Å². The summed E-state index contributed by atoms with van der Waals surface area (Å²) in [5.41, 5.74) is 3.24. The van der Waals surface area contributed by atoms with Crippen molar-refractivity contribution in [1.29, 1.82) is 0 Å². The van der Waals surface area contributed by atoms with Gasteiger partial charge in [0.15, 0.2) is 0 Å². The number of carbonyl (C=O) groups is 2. The van der Waals surface area contributed by atoms with Gasteiger partial charge in [-0.2, -0.15) is 0 Å². The zero-order valence-electron chi connectivity index (χ0n) is 14.5. The molecule has 3 rings (SSSR count). The van der Waals surface area contributed by atoms with Gasteiger partial charge in [0.25, 0.3) is 0 Å². The summed E-state index contributed by atoms with van der Waals surface area (Å²) in [7, 11) is 0. The standard InChI is InChI=1S/C21H30O2/c1-2-16-14-18(8-11-20(23)15-16)21(12-4-3-5-13-21)17-6-9-19(22)10-7-17/h6,8,16H,2-5,7,9-15H2,1H3.